The van der Waals surface area contributed by atoms with Crippen LogP contribution < -0.4 is 5.73 Å². The fourth-order valence-corrected chi connectivity index (χ4v) is 3.81. The SMILES string of the molecule is CCC1CCC(CN)C(N2CCOCC2(C)C)C1. The van der Waals surface area contributed by atoms with Crippen LogP contribution in [0.2, 0.25) is 0 Å². The van der Waals surface area contributed by atoms with Crippen LogP contribution in [0.4, 0.5) is 0 Å². The van der Waals surface area contributed by atoms with Crippen LogP contribution in [0.3, 0.4) is 0 Å². The number of morpholine rings is 1. The third-order valence-electron chi connectivity index (χ3n) is 5.05. The van der Waals surface area contributed by atoms with Crippen molar-refractivity contribution in [3.05, 3.63) is 0 Å². The lowest BCUT2D eigenvalue weighted by molar-refractivity contribution is -0.0934. The molecule has 2 fully saturated rings. The van der Waals surface area contributed by atoms with Gasteiger partial charge in [0.15, 0.2) is 0 Å². The van der Waals surface area contributed by atoms with Gasteiger partial charge in [0.05, 0.1) is 13.2 Å². The van der Waals surface area contributed by atoms with Gasteiger partial charge in [-0.2, -0.15) is 0 Å². The van der Waals surface area contributed by atoms with E-state index in [0.29, 0.717) is 12.0 Å². The highest BCUT2D eigenvalue weighted by atomic mass is 16.5. The molecule has 1 saturated heterocycles. The van der Waals surface area contributed by atoms with Crippen molar-refractivity contribution >= 4 is 0 Å². The average Bonchev–Trinajstić information content (AvgIpc) is 2.37. The second-order valence-corrected chi connectivity index (χ2v) is 6.71. The van der Waals surface area contributed by atoms with Gasteiger partial charge in [0.2, 0.25) is 0 Å². The molecule has 106 valence electrons. The molecule has 1 heterocycles. The predicted molar refractivity (Wildman–Crippen MR) is 75.6 cm³/mol. The summed E-state index contributed by atoms with van der Waals surface area (Å²) < 4.78 is 5.65. The molecule has 0 aromatic carbocycles. The second kappa shape index (κ2) is 5.89. The van der Waals surface area contributed by atoms with Crippen LogP contribution in [0.1, 0.15) is 46.5 Å². The molecule has 0 radical (unpaired) electrons. The molecule has 1 aliphatic heterocycles. The predicted octanol–water partition coefficient (Wildman–Crippen LogP) is 2.25. The monoisotopic (exact) mass is 254 g/mol. The highest BCUT2D eigenvalue weighted by Crippen LogP contribution is 2.37. The van der Waals surface area contributed by atoms with E-state index in [4.69, 9.17) is 10.5 Å². The molecule has 2 rings (SSSR count). The lowest BCUT2D eigenvalue weighted by Gasteiger charge is -2.51. The van der Waals surface area contributed by atoms with Crippen LogP contribution >= 0.6 is 0 Å². The lowest BCUT2D eigenvalue weighted by Crippen LogP contribution is -2.60. The molecular formula is C15H30N2O. The number of nitrogens with zero attached hydrogens (tertiary/aromatic N) is 1. The van der Waals surface area contributed by atoms with Crippen molar-refractivity contribution in [2.75, 3.05) is 26.3 Å². The molecule has 3 unspecified atom stereocenters. The minimum Gasteiger partial charge on any atom is -0.378 e. The van der Waals surface area contributed by atoms with Crippen LogP contribution in [0.15, 0.2) is 0 Å². The van der Waals surface area contributed by atoms with Gasteiger partial charge >= 0.3 is 0 Å². The minimum atomic E-state index is 0.173. The molecule has 1 saturated carbocycles. The Hall–Kier alpha value is -0.120. The van der Waals surface area contributed by atoms with Gasteiger partial charge in [0.25, 0.3) is 0 Å². The highest BCUT2D eigenvalue weighted by molar-refractivity contribution is 4.95. The van der Waals surface area contributed by atoms with Crippen molar-refractivity contribution < 1.29 is 4.74 Å². The molecule has 0 bridgehead atoms. The topological polar surface area (TPSA) is 38.5 Å². The summed E-state index contributed by atoms with van der Waals surface area (Å²) in [4.78, 5) is 2.69. The third-order valence-corrected chi connectivity index (χ3v) is 5.05. The van der Waals surface area contributed by atoms with Gasteiger partial charge in [-0.05, 0) is 45.1 Å². The second-order valence-electron chi connectivity index (χ2n) is 6.71. The van der Waals surface area contributed by atoms with Crippen molar-refractivity contribution in [3.8, 4) is 0 Å². The molecule has 0 aromatic heterocycles. The summed E-state index contributed by atoms with van der Waals surface area (Å²) in [6.45, 7) is 10.6. The standard InChI is InChI=1S/C15H30N2O/c1-4-12-5-6-13(10-16)14(9-12)17-7-8-18-11-15(17,2)3/h12-14H,4-11,16H2,1-3H3. The summed E-state index contributed by atoms with van der Waals surface area (Å²) in [7, 11) is 0. The molecule has 1 aliphatic carbocycles. The molecule has 18 heavy (non-hydrogen) atoms. The van der Waals surface area contributed by atoms with Gasteiger partial charge in [-0.25, -0.2) is 0 Å². The summed E-state index contributed by atoms with van der Waals surface area (Å²) >= 11 is 0. The normalized spacial score (nSPS) is 37.7. The zero-order chi connectivity index (χ0) is 13.2. The van der Waals surface area contributed by atoms with Crippen molar-refractivity contribution in [2.45, 2.75) is 58.0 Å². The fourth-order valence-electron chi connectivity index (χ4n) is 3.81. The van der Waals surface area contributed by atoms with Crippen LogP contribution in [0, 0.1) is 11.8 Å². The van der Waals surface area contributed by atoms with E-state index in [1.54, 1.807) is 0 Å². The first-order valence-electron chi connectivity index (χ1n) is 7.63. The Kier molecular flexibility index (Phi) is 4.68. The van der Waals surface area contributed by atoms with Crippen LogP contribution in [-0.4, -0.2) is 42.8 Å². The molecule has 0 amide bonds. The van der Waals surface area contributed by atoms with Crippen molar-refractivity contribution in [1.82, 2.24) is 4.90 Å². The largest absolute Gasteiger partial charge is 0.378 e. The first kappa shape index (κ1) is 14.3. The van der Waals surface area contributed by atoms with Crippen LogP contribution in [0.25, 0.3) is 0 Å². The maximum absolute atomic E-state index is 6.02. The molecule has 2 N–H and O–H groups in total. The summed E-state index contributed by atoms with van der Waals surface area (Å²) in [6, 6.07) is 0.674. The van der Waals surface area contributed by atoms with Crippen molar-refractivity contribution in [2.24, 2.45) is 17.6 Å². The van der Waals surface area contributed by atoms with E-state index in [1.165, 1.54) is 25.7 Å². The Labute approximate surface area is 112 Å². The maximum atomic E-state index is 6.02. The average molecular weight is 254 g/mol. The summed E-state index contributed by atoms with van der Waals surface area (Å²) in [5.74, 6) is 1.58. The van der Waals surface area contributed by atoms with Gasteiger partial charge < -0.3 is 10.5 Å². The third kappa shape index (κ3) is 2.89. The molecular weight excluding hydrogens is 224 g/mol. The number of rotatable bonds is 3. The summed E-state index contributed by atoms with van der Waals surface area (Å²) in [5, 5.41) is 0. The zero-order valence-electron chi connectivity index (χ0n) is 12.3. The lowest BCUT2D eigenvalue weighted by atomic mass is 9.75. The Bertz CT molecular complexity index is 267. The number of hydrogen-bond donors (Lipinski definition) is 1. The van der Waals surface area contributed by atoms with Gasteiger partial charge in [0, 0.05) is 18.1 Å². The van der Waals surface area contributed by atoms with Crippen molar-refractivity contribution in [3.63, 3.8) is 0 Å². The smallest absolute Gasteiger partial charge is 0.0645 e. The van der Waals surface area contributed by atoms with E-state index in [0.717, 1.165) is 32.2 Å². The first-order valence-corrected chi connectivity index (χ1v) is 7.63. The van der Waals surface area contributed by atoms with E-state index in [-0.39, 0.29) is 5.54 Å². The van der Waals surface area contributed by atoms with Crippen molar-refractivity contribution in [1.29, 1.82) is 0 Å². The number of ether oxygens (including phenoxy) is 1. The highest BCUT2D eigenvalue weighted by Gasteiger charge is 2.40. The van der Waals surface area contributed by atoms with E-state index in [9.17, 15) is 0 Å². The van der Waals surface area contributed by atoms with E-state index >= 15 is 0 Å². The van der Waals surface area contributed by atoms with Gasteiger partial charge in [-0.3, -0.25) is 4.90 Å². The van der Waals surface area contributed by atoms with Crippen LogP contribution in [0.5, 0.6) is 0 Å². The van der Waals surface area contributed by atoms with E-state index in [1.807, 2.05) is 0 Å². The number of hydrogen-bond acceptors (Lipinski definition) is 3. The molecule has 2 aliphatic rings. The Morgan fingerprint density at radius 3 is 2.72 bits per heavy atom. The maximum Gasteiger partial charge on any atom is 0.0645 e. The molecule has 3 heteroatoms. The Morgan fingerprint density at radius 2 is 2.11 bits per heavy atom. The molecule has 0 spiro atoms. The number of nitrogens with two attached hydrogens (primary N) is 1. The Morgan fingerprint density at radius 1 is 1.33 bits per heavy atom. The van der Waals surface area contributed by atoms with E-state index in [2.05, 4.69) is 25.7 Å². The summed E-state index contributed by atoms with van der Waals surface area (Å²) in [6.07, 6.45) is 5.34. The molecule has 0 aromatic rings. The summed E-state index contributed by atoms with van der Waals surface area (Å²) in [5.41, 5.74) is 6.19. The minimum absolute atomic E-state index is 0.173. The molecule has 3 atom stereocenters. The fraction of sp³-hybridized carbons (Fsp3) is 1.00. The van der Waals surface area contributed by atoms with Gasteiger partial charge in [-0.1, -0.05) is 19.8 Å². The quantitative estimate of drug-likeness (QED) is 0.839. The Balaban J connectivity index is 2.11. The molecule has 3 nitrogen and oxygen atoms in total. The van der Waals surface area contributed by atoms with Gasteiger partial charge in [-0.15, -0.1) is 0 Å². The first-order chi connectivity index (χ1) is 8.58. The zero-order valence-corrected chi connectivity index (χ0v) is 12.3. The van der Waals surface area contributed by atoms with E-state index < -0.39 is 0 Å². The van der Waals surface area contributed by atoms with Gasteiger partial charge in [0.1, 0.15) is 0 Å². The van der Waals surface area contributed by atoms with Crippen LogP contribution in [-0.2, 0) is 4.74 Å².